The van der Waals surface area contributed by atoms with Gasteiger partial charge in [-0.05, 0) is 30.7 Å². The van der Waals surface area contributed by atoms with E-state index in [2.05, 4.69) is 5.32 Å². The normalized spacial score (nSPS) is 12.0. The van der Waals surface area contributed by atoms with Crippen molar-refractivity contribution in [3.05, 3.63) is 53.2 Å². The number of carbonyl (C=O) groups excluding carboxylic acids is 1. The van der Waals surface area contributed by atoms with E-state index >= 15 is 0 Å². The van der Waals surface area contributed by atoms with E-state index in [4.69, 9.17) is 14.9 Å². The summed E-state index contributed by atoms with van der Waals surface area (Å²) in [5, 5.41) is 2.77. The van der Waals surface area contributed by atoms with Crippen LogP contribution in [0.4, 0.5) is 4.39 Å². The Balaban J connectivity index is 2.08. The van der Waals surface area contributed by atoms with E-state index < -0.39 is 5.82 Å². The molecule has 0 saturated carbocycles. The Hall–Kier alpha value is -2.34. The van der Waals surface area contributed by atoms with E-state index in [0.717, 1.165) is 0 Å². The first kappa shape index (κ1) is 15.1. The summed E-state index contributed by atoms with van der Waals surface area (Å²) >= 11 is 0. The summed E-state index contributed by atoms with van der Waals surface area (Å²) in [6.07, 6.45) is 1.35. The largest absolute Gasteiger partial charge is 0.494 e. The number of amides is 1. The fourth-order valence-electron chi connectivity index (χ4n) is 1.92. The Labute approximate surface area is 121 Å². The zero-order valence-electron chi connectivity index (χ0n) is 11.9. The van der Waals surface area contributed by atoms with Crippen molar-refractivity contribution in [1.29, 1.82) is 0 Å². The topological polar surface area (TPSA) is 77.5 Å². The molecule has 21 heavy (non-hydrogen) atoms. The average molecular weight is 292 g/mol. The third-order valence-electron chi connectivity index (χ3n) is 3.14. The predicted octanol–water partition coefficient (Wildman–Crippen LogP) is 2.38. The van der Waals surface area contributed by atoms with Crippen LogP contribution in [0.15, 0.2) is 34.9 Å². The molecule has 112 valence electrons. The lowest BCUT2D eigenvalue weighted by Gasteiger charge is -2.14. The molecule has 0 aliphatic heterocycles. The summed E-state index contributed by atoms with van der Waals surface area (Å²) in [5.41, 5.74) is 6.45. The van der Waals surface area contributed by atoms with Crippen LogP contribution in [0.3, 0.4) is 0 Å². The highest BCUT2D eigenvalue weighted by Crippen LogP contribution is 2.22. The molecule has 0 fully saturated rings. The van der Waals surface area contributed by atoms with Crippen molar-refractivity contribution in [1.82, 2.24) is 5.32 Å². The SMILES string of the molecule is COc1ccc(C(C)NC(=O)c2coc(CN)c2)cc1F. The number of nitrogens with two attached hydrogens (primary N) is 1. The minimum Gasteiger partial charge on any atom is -0.494 e. The Kier molecular flexibility index (Phi) is 4.59. The number of carbonyl (C=O) groups is 1. The summed E-state index contributed by atoms with van der Waals surface area (Å²) in [5.74, 6) is -0.0741. The van der Waals surface area contributed by atoms with Gasteiger partial charge in [0.15, 0.2) is 11.6 Å². The van der Waals surface area contributed by atoms with Gasteiger partial charge in [-0.1, -0.05) is 6.07 Å². The van der Waals surface area contributed by atoms with Gasteiger partial charge in [0.05, 0.1) is 25.3 Å². The number of halogens is 1. The van der Waals surface area contributed by atoms with Crippen molar-refractivity contribution in [3.63, 3.8) is 0 Å². The van der Waals surface area contributed by atoms with Crippen LogP contribution < -0.4 is 15.8 Å². The molecule has 1 atom stereocenters. The number of methoxy groups -OCH3 is 1. The zero-order chi connectivity index (χ0) is 15.4. The molecular weight excluding hydrogens is 275 g/mol. The molecule has 0 spiro atoms. The van der Waals surface area contributed by atoms with Crippen molar-refractivity contribution < 1.29 is 18.3 Å². The molecule has 1 aromatic heterocycles. The molecule has 2 rings (SSSR count). The lowest BCUT2D eigenvalue weighted by Crippen LogP contribution is -2.26. The fourth-order valence-corrected chi connectivity index (χ4v) is 1.92. The quantitative estimate of drug-likeness (QED) is 0.887. The van der Waals surface area contributed by atoms with Gasteiger partial charge in [-0.25, -0.2) is 4.39 Å². The minimum atomic E-state index is -0.468. The average Bonchev–Trinajstić information content (AvgIpc) is 2.96. The standard InChI is InChI=1S/C15H17FN2O3/c1-9(10-3-4-14(20-2)13(16)6-10)18-15(19)11-5-12(7-17)21-8-11/h3-6,8-9H,7,17H2,1-2H3,(H,18,19). The highest BCUT2D eigenvalue weighted by Gasteiger charge is 2.15. The lowest BCUT2D eigenvalue weighted by molar-refractivity contribution is 0.0939. The summed E-state index contributed by atoms with van der Waals surface area (Å²) in [6, 6.07) is 5.79. The first-order valence-corrected chi connectivity index (χ1v) is 6.47. The van der Waals surface area contributed by atoms with Crippen molar-refractivity contribution in [2.75, 3.05) is 7.11 Å². The predicted molar refractivity (Wildman–Crippen MR) is 75.4 cm³/mol. The van der Waals surface area contributed by atoms with Crippen LogP contribution in [0, 0.1) is 5.82 Å². The number of hydrogen-bond acceptors (Lipinski definition) is 4. The summed E-state index contributed by atoms with van der Waals surface area (Å²) in [6.45, 7) is 2.00. The molecule has 0 saturated heterocycles. The molecule has 3 N–H and O–H groups in total. The Morgan fingerprint density at radius 2 is 2.24 bits per heavy atom. The first-order valence-electron chi connectivity index (χ1n) is 6.47. The van der Waals surface area contributed by atoms with Gasteiger partial charge in [0.2, 0.25) is 0 Å². The van der Waals surface area contributed by atoms with E-state index in [-0.39, 0.29) is 24.2 Å². The number of rotatable bonds is 5. The zero-order valence-corrected chi connectivity index (χ0v) is 11.9. The van der Waals surface area contributed by atoms with Crippen molar-refractivity contribution in [3.8, 4) is 5.75 Å². The maximum Gasteiger partial charge on any atom is 0.255 e. The van der Waals surface area contributed by atoms with Crippen LogP contribution in [0.2, 0.25) is 0 Å². The second kappa shape index (κ2) is 6.41. The Morgan fingerprint density at radius 3 is 2.81 bits per heavy atom. The number of benzene rings is 1. The van der Waals surface area contributed by atoms with Crippen LogP contribution in [0.1, 0.15) is 34.6 Å². The second-order valence-electron chi connectivity index (χ2n) is 4.59. The van der Waals surface area contributed by atoms with Gasteiger partial charge in [-0.15, -0.1) is 0 Å². The van der Waals surface area contributed by atoms with Crippen molar-refractivity contribution >= 4 is 5.91 Å². The Morgan fingerprint density at radius 1 is 1.48 bits per heavy atom. The molecule has 1 unspecified atom stereocenters. The van der Waals surface area contributed by atoms with E-state index in [1.54, 1.807) is 19.1 Å². The van der Waals surface area contributed by atoms with Gasteiger partial charge in [0.25, 0.3) is 5.91 Å². The summed E-state index contributed by atoms with van der Waals surface area (Å²) in [7, 11) is 1.40. The number of nitrogens with one attached hydrogen (secondary N) is 1. The van der Waals surface area contributed by atoms with Gasteiger partial charge in [-0.3, -0.25) is 4.79 Å². The molecule has 0 bridgehead atoms. The van der Waals surface area contributed by atoms with Crippen LogP contribution >= 0.6 is 0 Å². The first-order chi connectivity index (χ1) is 10.0. The third kappa shape index (κ3) is 3.41. The van der Waals surface area contributed by atoms with Crippen molar-refractivity contribution in [2.45, 2.75) is 19.5 Å². The number of furan rings is 1. The molecule has 1 heterocycles. The van der Waals surface area contributed by atoms with E-state index in [9.17, 15) is 9.18 Å². The molecule has 6 heteroatoms. The molecule has 0 radical (unpaired) electrons. The summed E-state index contributed by atoms with van der Waals surface area (Å²) < 4.78 is 23.6. The van der Waals surface area contributed by atoms with E-state index in [1.807, 2.05) is 0 Å². The molecule has 1 amide bonds. The second-order valence-corrected chi connectivity index (χ2v) is 4.59. The van der Waals surface area contributed by atoms with Crippen LogP contribution in [0.25, 0.3) is 0 Å². The number of ether oxygens (including phenoxy) is 1. The third-order valence-corrected chi connectivity index (χ3v) is 3.14. The molecular formula is C15H17FN2O3. The van der Waals surface area contributed by atoms with Crippen molar-refractivity contribution in [2.24, 2.45) is 5.73 Å². The minimum absolute atomic E-state index is 0.166. The molecule has 5 nitrogen and oxygen atoms in total. The van der Waals surface area contributed by atoms with E-state index in [1.165, 1.54) is 25.5 Å². The summed E-state index contributed by atoms with van der Waals surface area (Å²) in [4.78, 5) is 12.0. The molecule has 2 aromatic rings. The number of hydrogen-bond donors (Lipinski definition) is 2. The smallest absolute Gasteiger partial charge is 0.255 e. The Bertz CT molecular complexity index is 640. The highest BCUT2D eigenvalue weighted by atomic mass is 19.1. The molecule has 1 aromatic carbocycles. The fraction of sp³-hybridized carbons (Fsp3) is 0.267. The van der Waals surface area contributed by atoms with Crippen LogP contribution in [0.5, 0.6) is 5.75 Å². The monoisotopic (exact) mass is 292 g/mol. The maximum absolute atomic E-state index is 13.7. The van der Waals surface area contributed by atoms with Gasteiger partial charge >= 0.3 is 0 Å². The lowest BCUT2D eigenvalue weighted by atomic mass is 10.1. The van der Waals surface area contributed by atoms with Gasteiger partial charge in [0.1, 0.15) is 12.0 Å². The highest BCUT2D eigenvalue weighted by molar-refractivity contribution is 5.94. The van der Waals surface area contributed by atoms with Crippen LogP contribution in [-0.2, 0) is 6.54 Å². The molecule has 0 aliphatic rings. The maximum atomic E-state index is 13.7. The van der Waals surface area contributed by atoms with E-state index in [0.29, 0.717) is 16.9 Å². The van der Waals surface area contributed by atoms with Crippen LogP contribution in [-0.4, -0.2) is 13.0 Å². The van der Waals surface area contributed by atoms with Gasteiger partial charge in [0, 0.05) is 0 Å². The molecule has 0 aliphatic carbocycles. The van der Waals surface area contributed by atoms with Gasteiger partial charge in [-0.2, -0.15) is 0 Å². The van der Waals surface area contributed by atoms with Gasteiger partial charge < -0.3 is 20.2 Å².